The fourth-order valence-corrected chi connectivity index (χ4v) is 3.88. The highest BCUT2D eigenvalue weighted by molar-refractivity contribution is 9.10. The maximum absolute atomic E-state index is 13.1. The van der Waals surface area contributed by atoms with E-state index in [0.29, 0.717) is 28.2 Å². The highest BCUT2D eigenvalue weighted by Gasteiger charge is 2.33. The molecule has 0 atom stereocenters. The van der Waals surface area contributed by atoms with Gasteiger partial charge in [0.05, 0.1) is 0 Å². The summed E-state index contributed by atoms with van der Waals surface area (Å²) in [5.41, 5.74) is 4.84. The van der Waals surface area contributed by atoms with Crippen LogP contribution in [0.15, 0.2) is 65.0 Å². The Hall–Kier alpha value is -2.99. The summed E-state index contributed by atoms with van der Waals surface area (Å²) in [4.78, 5) is 17.4. The normalized spacial score (nSPS) is 14.2. The van der Waals surface area contributed by atoms with Crippen LogP contribution in [0.3, 0.4) is 0 Å². The zero-order valence-electron chi connectivity index (χ0n) is 13.9. The summed E-state index contributed by atoms with van der Waals surface area (Å²) < 4.78 is 2.59. The van der Waals surface area contributed by atoms with Gasteiger partial charge in [0, 0.05) is 21.3 Å². The lowest BCUT2D eigenvalue weighted by atomic mass is 9.89. The molecule has 0 amide bonds. The number of aromatic nitrogens is 2. The van der Waals surface area contributed by atoms with Crippen molar-refractivity contribution in [1.29, 1.82) is 0 Å². The first-order chi connectivity index (χ1) is 12.5. The summed E-state index contributed by atoms with van der Waals surface area (Å²) >= 11 is 3.55. The molecule has 5 nitrogen and oxygen atoms in total. The van der Waals surface area contributed by atoms with Gasteiger partial charge in [-0.05, 0) is 30.2 Å². The number of imidazole rings is 1. The van der Waals surface area contributed by atoms with Gasteiger partial charge < -0.3 is 5.21 Å². The maximum Gasteiger partial charge on any atom is 0.212 e. The van der Waals surface area contributed by atoms with E-state index in [-0.39, 0.29) is 5.78 Å². The Kier molecular flexibility index (Phi) is 3.85. The zero-order chi connectivity index (χ0) is 18.4. The van der Waals surface area contributed by atoms with Crippen molar-refractivity contribution in [3.05, 3.63) is 87.9 Å². The lowest BCUT2D eigenvalue weighted by Crippen LogP contribution is -2.23. The fraction of sp³-hybridized carbons (Fsp3) is 0.0500. The van der Waals surface area contributed by atoms with Crippen molar-refractivity contribution < 1.29 is 10.0 Å². The first kappa shape index (κ1) is 16.5. The van der Waals surface area contributed by atoms with E-state index in [0.717, 1.165) is 21.3 Å². The van der Waals surface area contributed by atoms with Crippen LogP contribution in [0.25, 0.3) is 11.3 Å². The number of oxime groups is 1. The van der Waals surface area contributed by atoms with Crippen molar-refractivity contribution in [2.75, 3.05) is 0 Å². The third-order valence-corrected chi connectivity index (χ3v) is 5.08. The zero-order valence-corrected chi connectivity index (χ0v) is 15.5. The number of carbonyl (C=O) groups is 1. The van der Waals surface area contributed by atoms with Crippen molar-refractivity contribution in [2.24, 2.45) is 5.16 Å². The summed E-state index contributed by atoms with van der Waals surface area (Å²) in [6.07, 6.45) is 1.57. The van der Waals surface area contributed by atoms with Crippen molar-refractivity contribution in [3.63, 3.8) is 0 Å². The number of hydrogen-bond donors (Lipinski definition) is 1. The third kappa shape index (κ3) is 2.34. The van der Waals surface area contributed by atoms with Crippen LogP contribution >= 0.6 is 15.9 Å². The smallest absolute Gasteiger partial charge is 0.212 e. The van der Waals surface area contributed by atoms with Crippen LogP contribution in [0.5, 0.6) is 0 Å². The van der Waals surface area contributed by atoms with Crippen LogP contribution in [0.2, 0.25) is 0 Å². The van der Waals surface area contributed by atoms with Crippen LogP contribution in [0.4, 0.5) is 0 Å². The minimum Gasteiger partial charge on any atom is -0.410 e. The minimum absolute atomic E-state index is 0.152. The number of fused-ring (bicyclic) bond motifs is 2. The van der Waals surface area contributed by atoms with Crippen LogP contribution in [-0.4, -0.2) is 26.3 Å². The molecule has 0 unspecified atom stereocenters. The molecule has 0 saturated carbocycles. The second kappa shape index (κ2) is 6.07. The van der Waals surface area contributed by atoms with E-state index in [1.54, 1.807) is 35.2 Å². The Morgan fingerprint density at radius 1 is 1.23 bits per heavy atom. The first-order valence-electron chi connectivity index (χ1n) is 7.92. The number of allylic oxidation sites excluding steroid dienone is 1. The van der Waals surface area contributed by atoms with Crippen molar-refractivity contribution in [2.45, 2.75) is 6.92 Å². The molecule has 2 aromatic carbocycles. The number of ketones is 1. The summed E-state index contributed by atoms with van der Waals surface area (Å²) in [6.45, 7) is 5.89. The average molecular weight is 408 g/mol. The standard InChI is InChI=1S/C20H14BrN3O2/c1-11(2)13-8-7-12(9-16(13)21)24-10-22-18-17(23-26)14-5-3-4-6-15(14)20(25)19(18)24/h3-10,26H,1H2,2H3/b23-17+. The first-order valence-corrected chi connectivity index (χ1v) is 8.72. The molecule has 0 bridgehead atoms. The van der Waals surface area contributed by atoms with Gasteiger partial charge in [0.15, 0.2) is 0 Å². The van der Waals surface area contributed by atoms with E-state index in [4.69, 9.17) is 0 Å². The van der Waals surface area contributed by atoms with Gasteiger partial charge in [-0.2, -0.15) is 0 Å². The Labute approximate surface area is 158 Å². The maximum atomic E-state index is 13.1. The molecule has 6 heteroatoms. The number of nitrogens with zero attached hydrogens (tertiary/aromatic N) is 3. The molecular formula is C20H14BrN3O2. The number of rotatable bonds is 2. The summed E-state index contributed by atoms with van der Waals surface area (Å²) in [5, 5.41) is 12.9. The quantitative estimate of drug-likeness (QED) is 0.394. The van der Waals surface area contributed by atoms with Gasteiger partial charge in [0.1, 0.15) is 23.4 Å². The van der Waals surface area contributed by atoms with Gasteiger partial charge >= 0.3 is 0 Å². The second-order valence-electron chi connectivity index (χ2n) is 6.08. The lowest BCUT2D eigenvalue weighted by molar-refractivity contribution is 0.103. The Morgan fingerprint density at radius 2 is 1.96 bits per heavy atom. The largest absolute Gasteiger partial charge is 0.410 e. The highest BCUT2D eigenvalue weighted by Crippen LogP contribution is 2.31. The number of benzene rings is 2. The minimum atomic E-state index is -0.152. The van der Waals surface area contributed by atoms with Crippen LogP contribution in [-0.2, 0) is 0 Å². The molecule has 1 aromatic heterocycles. The molecule has 1 aliphatic rings. The SMILES string of the molecule is C=C(C)c1ccc(-n2cnc3c2C(=O)c2ccccc2/C3=N\O)cc1Br. The van der Waals surface area contributed by atoms with E-state index >= 15 is 0 Å². The third-order valence-electron chi connectivity index (χ3n) is 4.42. The number of carbonyl (C=O) groups excluding carboxylic acids is 1. The average Bonchev–Trinajstić information content (AvgIpc) is 3.07. The molecule has 0 radical (unpaired) electrons. The monoisotopic (exact) mass is 407 g/mol. The molecule has 128 valence electrons. The van der Waals surface area contributed by atoms with E-state index in [9.17, 15) is 10.0 Å². The Morgan fingerprint density at radius 3 is 2.62 bits per heavy atom. The second-order valence-corrected chi connectivity index (χ2v) is 6.93. The van der Waals surface area contributed by atoms with E-state index in [1.807, 2.05) is 25.1 Å². The van der Waals surface area contributed by atoms with Gasteiger partial charge in [0.25, 0.3) is 0 Å². The molecule has 1 N–H and O–H groups in total. The van der Waals surface area contributed by atoms with Crippen LogP contribution in [0, 0.1) is 0 Å². The molecule has 0 fully saturated rings. The van der Waals surface area contributed by atoms with E-state index in [2.05, 4.69) is 32.6 Å². The van der Waals surface area contributed by atoms with Crippen LogP contribution < -0.4 is 0 Å². The molecule has 3 aromatic rings. The van der Waals surface area contributed by atoms with Gasteiger partial charge in [-0.3, -0.25) is 9.36 Å². The van der Waals surface area contributed by atoms with E-state index in [1.165, 1.54) is 0 Å². The van der Waals surface area contributed by atoms with E-state index < -0.39 is 0 Å². The number of halogens is 1. The molecular weight excluding hydrogens is 394 g/mol. The number of hydrogen-bond acceptors (Lipinski definition) is 4. The lowest BCUT2D eigenvalue weighted by Gasteiger charge is -2.18. The fourth-order valence-electron chi connectivity index (χ4n) is 3.18. The summed E-state index contributed by atoms with van der Waals surface area (Å²) in [5.74, 6) is -0.152. The van der Waals surface area contributed by atoms with Gasteiger partial charge in [-0.15, -0.1) is 0 Å². The van der Waals surface area contributed by atoms with Crippen molar-refractivity contribution in [1.82, 2.24) is 9.55 Å². The van der Waals surface area contributed by atoms with Crippen molar-refractivity contribution >= 4 is 33.0 Å². The Bertz CT molecular complexity index is 1110. The molecule has 26 heavy (non-hydrogen) atoms. The highest BCUT2D eigenvalue weighted by atomic mass is 79.9. The molecule has 4 rings (SSSR count). The predicted octanol–water partition coefficient (Wildman–Crippen LogP) is 4.44. The van der Waals surface area contributed by atoms with Gasteiger partial charge in [0.2, 0.25) is 5.78 Å². The van der Waals surface area contributed by atoms with Gasteiger partial charge in [-0.1, -0.05) is 58.0 Å². The molecule has 0 spiro atoms. The molecule has 1 aliphatic carbocycles. The van der Waals surface area contributed by atoms with Gasteiger partial charge in [-0.25, -0.2) is 4.98 Å². The summed E-state index contributed by atoms with van der Waals surface area (Å²) in [7, 11) is 0. The summed E-state index contributed by atoms with van der Waals surface area (Å²) in [6, 6.07) is 12.8. The molecule has 0 saturated heterocycles. The van der Waals surface area contributed by atoms with Crippen LogP contribution in [0.1, 0.15) is 39.8 Å². The molecule has 0 aliphatic heterocycles. The molecule has 1 heterocycles. The topological polar surface area (TPSA) is 67.5 Å². The Balaban J connectivity index is 1.92. The predicted molar refractivity (Wildman–Crippen MR) is 103 cm³/mol. The van der Waals surface area contributed by atoms with Crippen molar-refractivity contribution in [3.8, 4) is 5.69 Å².